The van der Waals surface area contributed by atoms with Gasteiger partial charge in [0.05, 0.1) is 0 Å². The largest absolute Gasteiger partial charge is 4.00 e. The van der Waals surface area contributed by atoms with Gasteiger partial charge >= 0.3 is 21.1 Å². The second-order valence-electron chi connectivity index (χ2n) is 13.5. The van der Waals surface area contributed by atoms with Crippen LogP contribution in [-0.2, 0) is 149 Å². The number of thiocarbonyl (C=S) groups is 4. The van der Waals surface area contributed by atoms with Crippen molar-refractivity contribution in [2.24, 2.45) is 0 Å². The van der Waals surface area contributed by atoms with Gasteiger partial charge in [0.1, 0.15) is 22.7 Å². The van der Waals surface area contributed by atoms with Crippen LogP contribution in [0, 0.1) is 0 Å². The number of benzene rings is 4. The summed E-state index contributed by atoms with van der Waals surface area (Å²) >= 11 is 60.5. The molecule has 4 atom stereocenters. The molecule has 61 heavy (non-hydrogen) atoms. The van der Waals surface area contributed by atoms with E-state index < -0.39 is 0 Å². The van der Waals surface area contributed by atoms with E-state index in [4.69, 9.17) is 151 Å². The van der Waals surface area contributed by atoms with Gasteiger partial charge in [0.15, 0.2) is 0 Å². The van der Waals surface area contributed by atoms with Crippen LogP contribution >= 0.6 is 48.9 Å². The number of quaternary nitrogens is 4. The van der Waals surface area contributed by atoms with Crippen molar-refractivity contribution in [1.82, 2.24) is 0 Å². The van der Waals surface area contributed by atoms with Crippen molar-refractivity contribution in [1.29, 1.82) is 0 Å². The zero-order valence-corrected chi connectivity index (χ0v) is 46.8. The summed E-state index contributed by atoms with van der Waals surface area (Å²) in [5.41, 5.74) is 9.21. The molecule has 4 nitrogen and oxygen atoms in total. The molecule has 0 radical (unpaired) electrons. The molecule has 0 bridgehead atoms. The topological polar surface area (TPSA) is 17.8 Å². The van der Waals surface area contributed by atoms with Crippen molar-refractivity contribution >= 4 is 191 Å². The van der Waals surface area contributed by atoms with Gasteiger partial charge in [-0.2, -0.15) is 0 Å². The van der Waals surface area contributed by atoms with Crippen LogP contribution in [0.15, 0.2) is 97.1 Å². The number of nitrogens with one attached hydrogen (secondary N) is 4. The van der Waals surface area contributed by atoms with Gasteiger partial charge in [-0.05, 0) is 75.6 Å². The molecular formula is C44H56MoN4S12. The van der Waals surface area contributed by atoms with Crippen molar-refractivity contribution in [2.75, 3.05) is 0 Å². The summed E-state index contributed by atoms with van der Waals surface area (Å²) in [4.78, 5) is 0. The van der Waals surface area contributed by atoms with E-state index in [1.807, 2.05) is 72.8 Å². The normalized spacial score (nSPS) is 12.2. The molecule has 4 rings (SSSR count). The van der Waals surface area contributed by atoms with E-state index in [0.717, 1.165) is 48.4 Å². The molecule has 0 amide bonds. The van der Waals surface area contributed by atoms with Gasteiger partial charge in [-0.15, -0.1) is 0 Å². The van der Waals surface area contributed by atoms with E-state index >= 15 is 0 Å². The monoisotopic (exact) mass is 1120 g/mol. The van der Waals surface area contributed by atoms with Gasteiger partial charge in [0.25, 0.3) is 0 Å². The molecule has 0 saturated heterocycles. The number of rotatable bonds is 16. The van der Waals surface area contributed by atoms with Crippen LogP contribution in [0.1, 0.15) is 101 Å². The SMILES string of the molecule is CCCCc1ccccc1[NH+]([S-])C(=S)[S-].CCCCc1ccccc1[NH+]([S-])C(=S)[S-].CCCCc1ccccc1[NH+]([S-])C(=S)[S-].CCCCc1ccccc1[NH+]([S-])C(=S)[S-].[Mo+4]. The molecule has 330 valence electrons. The summed E-state index contributed by atoms with van der Waals surface area (Å²) < 4.78 is 4.17. The Morgan fingerprint density at radius 2 is 0.525 bits per heavy atom. The van der Waals surface area contributed by atoms with Crippen molar-refractivity contribution in [3.8, 4) is 0 Å². The first-order valence-corrected chi connectivity index (χ1v) is 24.9. The first-order valence-electron chi connectivity index (χ1n) is 20.0. The Balaban J connectivity index is 0.000000783. The van der Waals surface area contributed by atoms with E-state index in [-0.39, 0.29) is 21.1 Å². The van der Waals surface area contributed by atoms with Crippen LogP contribution in [0.25, 0.3) is 0 Å². The van der Waals surface area contributed by atoms with Crippen LogP contribution in [0.4, 0.5) is 22.7 Å². The number of unbranched alkanes of at least 4 members (excludes halogenated alkanes) is 4. The molecule has 0 aliphatic carbocycles. The average Bonchev–Trinajstić information content (AvgIpc) is 3.26. The van der Waals surface area contributed by atoms with Crippen LogP contribution < -0.4 is 17.2 Å². The molecular weight excluding hydrogens is 1070 g/mol. The Labute approximate surface area is 448 Å². The minimum atomic E-state index is 0. The standard InChI is InChI=1S/4C11H15NS3.Mo/c4*1-2-3-6-9-7-4-5-8-10(9)12(15)11(13)14;/h4*4-5,7-8,12H,2-3,6H2,1H3,(H,13,14);/q;;;;+4/p-4. The van der Waals surface area contributed by atoms with E-state index in [1.165, 1.54) is 73.6 Å². The maximum atomic E-state index is 5.24. The van der Waals surface area contributed by atoms with Crippen molar-refractivity contribution in [2.45, 2.75) is 105 Å². The molecule has 0 fully saturated rings. The first-order chi connectivity index (χ1) is 28.7. The Morgan fingerprint density at radius 1 is 0.361 bits per heavy atom. The third-order valence-electron chi connectivity index (χ3n) is 8.99. The summed E-state index contributed by atoms with van der Waals surface area (Å²) in [6.07, 6.45) is 13.6. The number of aryl methyl sites for hydroxylation is 4. The van der Waals surface area contributed by atoms with Crippen LogP contribution in [0.3, 0.4) is 0 Å². The van der Waals surface area contributed by atoms with Crippen LogP contribution in [0.5, 0.6) is 0 Å². The summed E-state index contributed by atoms with van der Waals surface area (Å²) in [7, 11) is 0. The van der Waals surface area contributed by atoms with Crippen molar-refractivity contribution in [3.63, 3.8) is 0 Å². The quantitative estimate of drug-likeness (QED) is 0.0512. The number of hydrogen-bond acceptors (Lipinski definition) is 12. The van der Waals surface area contributed by atoms with E-state index in [2.05, 4.69) is 52.0 Å². The molecule has 0 aliphatic heterocycles. The van der Waals surface area contributed by atoms with E-state index in [9.17, 15) is 0 Å². The molecule has 0 spiro atoms. The molecule has 4 aromatic rings. The maximum absolute atomic E-state index is 5.24. The fourth-order valence-corrected chi connectivity index (χ4v) is 7.42. The predicted molar refractivity (Wildman–Crippen MR) is 292 cm³/mol. The smallest absolute Gasteiger partial charge is 0.485 e. The summed E-state index contributed by atoms with van der Waals surface area (Å²) in [6, 6.07) is 32.5. The molecule has 0 aromatic heterocycles. The molecule has 4 unspecified atom stereocenters. The number of hydrogen-bond donors (Lipinski definition) is 4. The predicted octanol–water partition coefficient (Wildman–Crippen LogP) is 7.35. The van der Waals surface area contributed by atoms with Gasteiger partial charge in [0, 0.05) is 39.5 Å². The minimum Gasteiger partial charge on any atom is -0.485 e. The summed E-state index contributed by atoms with van der Waals surface area (Å²) in [5, 5.41) is 0. The summed E-state index contributed by atoms with van der Waals surface area (Å²) in [5.74, 6) is 0. The molecule has 0 aliphatic rings. The van der Waals surface area contributed by atoms with Crippen LogP contribution in [-0.4, -0.2) is 17.3 Å². The minimum absolute atomic E-state index is 0. The Kier molecular flexibility index (Phi) is 36.2. The van der Waals surface area contributed by atoms with Gasteiger partial charge in [-0.3, -0.25) is 0 Å². The molecule has 17 heteroatoms. The zero-order valence-electron chi connectivity index (χ0n) is 35.0. The third-order valence-corrected chi connectivity index (χ3v) is 13.4. The van der Waals surface area contributed by atoms with Gasteiger partial charge in [-0.1, -0.05) is 126 Å². The Hall–Kier alpha value is 0.0483. The molecule has 4 aromatic carbocycles. The van der Waals surface area contributed by atoms with Crippen LogP contribution in [0.2, 0.25) is 0 Å². The average molecular weight is 1120 g/mol. The molecule has 0 saturated carbocycles. The van der Waals surface area contributed by atoms with E-state index in [0.29, 0.717) is 34.5 Å². The second-order valence-corrected chi connectivity index (χ2v) is 19.4. The zero-order chi connectivity index (χ0) is 45.0. The Morgan fingerprint density at radius 3 is 0.672 bits per heavy atom. The fourth-order valence-electron chi connectivity index (χ4n) is 5.75. The number of para-hydroxylation sites is 4. The van der Waals surface area contributed by atoms with E-state index in [1.54, 1.807) is 0 Å². The Bertz CT molecular complexity index is 1630. The first kappa shape index (κ1) is 61.0. The van der Waals surface area contributed by atoms with Gasteiger partial charge in [-0.25, -0.2) is 0 Å². The van der Waals surface area contributed by atoms with Gasteiger partial charge < -0.3 is 168 Å². The van der Waals surface area contributed by atoms with Gasteiger partial charge in [0.2, 0.25) is 0 Å². The van der Waals surface area contributed by atoms with Crippen molar-refractivity contribution < 1.29 is 38.3 Å². The maximum Gasteiger partial charge on any atom is 4.00 e. The molecule has 4 N–H and O–H groups in total. The summed E-state index contributed by atoms with van der Waals surface area (Å²) in [6.45, 7) is 8.72. The fraction of sp³-hybridized carbons (Fsp3) is 0.364. The van der Waals surface area contributed by atoms with Crippen molar-refractivity contribution in [3.05, 3.63) is 119 Å². The molecule has 0 heterocycles. The second kappa shape index (κ2) is 36.2. The third kappa shape index (κ3) is 23.9.